The van der Waals surface area contributed by atoms with Crippen LogP contribution in [0, 0.1) is 0 Å². The van der Waals surface area contributed by atoms with Crippen molar-refractivity contribution in [2.75, 3.05) is 6.61 Å². The van der Waals surface area contributed by atoms with E-state index in [-0.39, 0.29) is 18.6 Å². The van der Waals surface area contributed by atoms with Gasteiger partial charge in [0.05, 0.1) is 0 Å². The molecule has 1 aromatic rings. The quantitative estimate of drug-likeness (QED) is 0.722. The predicted molar refractivity (Wildman–Crippen MR) is 40.3 cm³/mol. The van der Waals surface area contributed by atoms with Crippen molar-refractivity contribution in [2.24, 2.45) is 0 Å². The molecule has 1 heterocycles. The number of rotatable bonds is 4. The third-order valence-electron chi connectivity index (χ3n) is 1.40. The van der Waals surface area contributed by atoms with Crippen LogP contribution < -0.4 is 0 Å². The van der Waals surface area contributed by atoms with Gasteiger partial charge in [0.25, 0.3) is 5.89 Å². The van der Waals surface area contributed by atoms with E-state index in [0.717, 1.165) is 0 Å². The Morgan fingerprint density at radius 3 is 2.92 bits per heavy atom. The van der Waals surface area contributed by atoms with Crippen LogP contribution in [0.25, 0.3) is 0 Å². The highest BCUT2D eigenvalue weighted by molar-refractivity contribution is 4.88. The maximum absolute atomic E-state index is 8.63. The van der Waals surface area contributed by atoms with Crippen molar-refractivity contribution in [3.05, 3.63) is 11.7 Å². The fourth-order valence-electron chi connectivity index (χ4n) is 0.822. The second-order valence-corrected chi connectivity index (χ2v) is 2.30. The first kappa shape index (κ1) is 9.15. The van der Waals surface area contributed by atoms with Gasteiger partial charge in [0.1, 0.15) is 12.7 Å². The van der Waals surface area contributed by atoms with Crippen molar-refractivity contribution in [3.63, 3.8) is 0 Å². The van der Waals surface area contributed by atoms with Crippen molar-refractivity contribution < 1.29 is 14.4 Å². The molecule has 1 N–H and O–H groups in total. The number of nitrogens with zero attached hydrogens (tertiary/aromatic N) is 2. The molecule has 0 aromatic carbocycles. The summed E-state index contributed by atoms with van der Waals surface area (Å²) in [6.45, 7) is 4.09. The van der Waals surface area contributed by atoms with Crippen LogP contribution >= 0.6 is 0 Å². The van der Waals surface area contributed by atoms with E-state index in [1.807, 2.05) is 13.8 Å². The highest BCUT2D eigenvalue weighted by atomic mass is 16.5. The summed E-state index contributed by atoms with van der Waals surface area (Å²) in [5, 5.41) is 12.3. The van der Waals surface area contributed by atoms with Gasteiger partial charge in [-0.2, -0.15) is 4.98 Å². The van der Waals surface area contributed by atoms with Crippen LogP contribution in [0.1, 0.15) is 31.7 Å². The van der Waals surface area contributed by atoms with Crippen LogP contribution in [0.3, 0.4) is 0 Å². The Morgan fingerprint density at radius 2 is 2.42 bits per heavy atom. The number of aliphatic hydroxyl groups excluding tert-OH is 1. The zero-order valence-electron chi connectivity index (χ0n) is 7.15. The van der Waals surface area contributed by atoms with Gasteiger partial charge in [-0.25, -0.2) is 0 Å². The van der Waals surface area contributed by atoms with Crippen molar-refractivity contribution in [2.45, 2.75) is 26.6 Å². The average Bonchev–Trinajstić information content (AvgIpc) is 2.52. The minimum atomic E-state index is -0.230. The van der Waals surface area contributed by atoms with E-state index in [4.69, 9.17) is 14.4 Å². The van der Waals surface area contributed by atoms with E-state index in [2.05, 4.69) is 10.1 Å². The van der Waals surface area contributed by atoms with Crippen LogP contribution in [0.4, 0.5) is 0 Å². The van der Waals surface area contributed by atoms with Crippen LogP contribution in [0.2, 0.25) is 0 Å². The zero-order valence-corrected chi connectivity index (χ0v) is 7.15. The van der Waals surface area contributed by atoms with Gasteiger partial charge < -0.3 is 14.4 Å². The summed E-state index contributed by atoms with van der Waals surface area (Å²) >= 11 is 0. The predicted octanol–water partition coefficient (Wildman–Crippen LogP) is 0.659. The molecule has 5 nitrogen and oxygen atoms in total. The smallest absolute Gasteiger partial charge is 0.252 e. The Kier molecular flexibility index (Phi) is 3.19. The summed E-state index contributed by atoms with van der Waals surface area (Å²) in [4.78, 5) is 3.89. The summed E-state index contributed by atoms with van der Waals surface area (Å²) in [6, 6.07) is 0. The van der Waals surface area contributed by atoms with E-state index in [1.165, 1.54) is 0 Å². The molecule has 0 spiro atoms. The Balaban J connectivity index is 2.61. The lowest BCUT2D eigenvalue weighted by Crippen LogP contribution is -2.01. The number of ether oxygens (including phenoxy) is 1. The molecule has 0 saturated carbocycles. The summed E-state index contributed by atoms with van der Waals surface area (Å²) in [5.74, 6) is 0.692. The van der Waals surface area contributed by atoms with Gasteiger partial charge in [0.15, 0.2) is 5.82 Å². The van der Waals surface area contributed by atoms with E-state index < -0.39 is 0 Å². The Morgan fingerprint density at radius 1 is 1.67 bits per heavy atom. The number of hydrogen-bond donors (Lipinski definition) is 1. The van der Waals surface area contributed by atoms with Gasteiger partial charge in [0, 0.05) is 6.61 Å². The Labute approximate surface area is 70.3 Å². The highest BCUT2D eigenvalue weighted by Gasteiger charge is 2.12. The zero-order chi connectivity index (χ0) is 8.97. The molecule has 0 aliphatic rings. The molecular weight excluding hydrogens is 160 g/mol. The van der Waals surface area contributed by atoms with Gasteiger partial charge in [-0.05, 0) is 13.8 Å². The van der Waals surface area contributed by atoms with Crippen molar-refractivity contribution in [3.8, 4) is 0 Å². The molecule has 12 heavy (non-hydrogen) atoms. The number of hydrogen-bond acceptors (Lipinski definition) is 5. The molecule has 0 amide bonds. The van der Waals surface area contributed by atoms with E-state index in [9.17, 15) is 0 Å². The van der Waals surface area contributed by atoms with Crippen LogP contribution in [0.15, 0.2) is 4.52 Å². The fourth-order valence-corrected chi connectivity index (χ4v) is 0.822. The lowest BCUT2D eigenvalue weighted by atomic mass is 10.4. The third kappa shape index (κ3) is 2.02. The Bertz CT molecular complexity index is 236. The summed E-state index contributed by atoms with van der Waals surface area (Å²) < 4.78 is 9.91. The monoisotopic (exact) mass is 172 g/mol. The molecule has 5 heteroatoms. The second-order valence-electron chi connectivity index (χ2n) is 2.30. The average molecular weight is 172 g/mol. The molecule has 1 unspecified atom stereocenters. The van der Waals surface area contributed by atoms with E-state index >= 15 is 0 Å². The van der Waals surface area contributed by atoms with Gasteiger partial charge in [-0.1, -0.05) is 5.16 Å². The SMILES string of the molecule is CCOC(C)c1noc(CO)n1. The molecule has 0 aliphatic carbocycles. The van der Waals surface area contributed by atoms with Crippen LogP contribution in [0.5, 0.6) is 0 Å². The third-order valence-corrected chi connectivity index (χ3v) is 1.40. The molecular formula is C7H12N2O3. The second kappa shape index (κ2) is 4.18. The van der Waals surface area contributed by atoms with Gasteiger partial charge in [0.2, 0.25) is 0 Å². The van der Waals surface area contributed by atoms with Crippen molar-refractivity contribution in [1.29, 1.82) is 0 Å². The van der Waals surface area contributed by atoms with E-state index in [1.54, 1.807) is 0 Å². The normalized spacial score (nSPS) is 13.2. The van der Waals surface area contributed by atoms with Crippen LogP contribution in [-0.2, 0) is 11.3 Å². The minimum absolute atomic E-state index is 0.181. The van der Waals surface area contributed by atoms with Gasteiger partial charge in [-0.15, -0.1) is 0 Å². The molecule has 0 saturated heterocycles. The standard InChI is InChI=1S/C7H12N2O3/c1-3-11-5(2)7-8-6(4-10)12-9-7/h5,10H,3-4H2,1-2H3. The molecule has 1 aromatic heterocycles. The molecule has 68 valence electrons. The first-order valence-electron chi connectivity index (χ1n) is 3.82. The van der Waals surface area contributed by atoms with Gasteiger partial charge in [-0.3, -0.25) is 0 Å². The number of aliphatic hydroxyl groups is 1. The largest absolute Gasteiger partial charge is 0.387 e. The maximum atomic E-state index is 8.63. The molecule has 1 atom stereocenters. The molecule has 1 rings (SSSR count). The topological polar surface area (TPSA) is 68.4 Å². The summed E-state index contributed by atoms with van der Waals surface area (Å²) in [5.41, 5.74) is 0. The lowest BCUT2D eigenvalue weighted by molar-refractivity contribution is 0.0683. The summed E-state index contributed by atoms with van der Waals surface area (Å²) in [6.07, 6.45) is -0.181. The molecule has 0 aliphatic heterocycles. The highest BCUT2D eigenvalue weighted by Crippen LogP contribution is 2.12. The van der Waals surface area contributed by atoms with Crippen molar-refractivity contribution in [1.82, 2.24) is 10.1 Å². The van der Waals surface area contributed by atoms with Crippen LogP contribution in [-0.4, -0.2) is 21.9 Å². The molecule has 0 radical (unpaired) electrons. The minimum Gasteiger partial charge on any atom is -0.387 e. The lowest BCUT2D eigenvalue weighted by Gasteiger charge is -2.04. The number of aromatic nitrogens is 2. The Hall–Kier alpha value is -0.940. The maximum Gasteiger partial charge on any atom is 0.252 e. The van der Waals surface area contributed by atoms with Crippen molar-refractivity contribution >= 4 is 0 Å². The van der Waals surface area contributed by atoms with E-state index in [0.29, 0.717) is 12.4 Å². The molecule has 0 bridgehead atoms. The fraction of sp³-hybridized carbons (Fsp3) is 0.714. The first-order valence-corrected chi connectivity index (χ1v) is 3.82. The summed E-state index contributed by atoms with van der Waals surface area (Å²) in [7, 11) is 0. The van der Waals surface area contributed by atoms with Gasteiger partial charge >= 0.3 is 0 Å². The molecule has 0 fully saturated rings. The first-order chi connectivity index (χ1) is 5.77.